The molecule has 96 valence electrons. The fourth-order valence-electron chi connectivity index (χ4n) is 1.45. The van der Waals surface area contributed by atoms with E-state index in [1.165, 1.54) is 0 Å². The zero-order valence-electron chi connectivity index (χ0n) is 10.4. The molecule has 0 aromatic carbocycles. The maximum Gasteiger partial charge on any atom is 0.154 e. The summed E-state index contributed by atoms with van der Waals surface area (Å²) in [7, 11) is -3.24. The summed E-state index contributed by atoms with van der Waals surface area (Å²) in [5.74, 6) is -0.731. The molecule has 0 aliphatic rings. The van der Waals surface area contributed by atoms with Crippen LogP contribution >= 0.6 is 0 Å². The van der Waals surface area contributed by atoms with Crippen molar-refractivity contribution in [2.24, 2.45) is 0 Å². The average Bonchev–Trinajstić information content (AvgIpc) is 2.62. The van der Waals surface area contributed by atoms with Crippen LogP contribution in [0.1, 0.15) is 32.0 Å². The van der Waals surface area contributed by atoms with Crippen molar-refractivity contribution in [1.82, 2.24) is 9.78 Å². The number of aromatic nitrogens is 2. The molecule has 1 rings (SSSR count). The number of ketones is 1. The van der Waals surface area contributed by atoms with Gasteiger partial charge >= 0.3 is 0 Å². The number of nitrogens with zero attached hydrogens (tertiary/aromatic N) is 2. The van der Waals surface area contributed by atoms with E-state index < -0.39 is 15.6 Å². The van der Waals surface area contributed by atoms with Gasteiger partial charge in [-0.1, -0.05) is 6.92 Å². The summed E-state index contributed by atoms with van der Waals surface area (Å²) in [6.07, 6.45) is 3.91. The second-order valence-electron chi connectivity index (χ2n) is 4.33. The lowest BCUT2D eigenvalue weighted by molar-refractivity contribution is -0.116. The van der Waals surface area contributed by atoms with E-state index in [-0.39, 0.29) is 18.2 Å². The predicted molar refractivity (Wildman–Crippen MR) is 65.7 cm³/mol. The second-order valence-corrected chi connectivity index (χ2v) is 6.47. The Balaban J connectivity index is 2.64. The largest absolute Gasteiger partial charge is 0.298 e. The summed E-state index contributed by atoms with van der Waals surface area (Å²) in [6.45, 7) is 4.09. The number of Topliss-reactive ketones (excluding diaryl/α,β-unsaturated/α-hetero) is 1. The molecule has 0 spiro atoms. The van der Waals surface area contributed by atoms with Crippen molar-refractivity contribution in [2.75, 3.05) is 12.0 Å². The second kappa shape index (κ2) is 5.44. The van der Waals surface area contributed by atoms with Gasteiger partial charge in [0.2, 0.25) is 0 Å². The van der Waals surface area contributed by atoms with Gasteiger partial charge in [0.15, 0.2) is 15.6 Å². The van der Waals surface area contributed by atoms with Crippen LogP contribution in [0.3, 0.4) is 0 Å². The van der Waals surface area contributed by atoms with Gasteiger partial charge < -0.3 is 0 Å². The third-order valence-corrected chi connectivity index (χ3v) is 3.35. The molecule has 5 nitrogen and oxygen atoms in total. The fraction of sp³-hybridized carbons (Fsp3) is 0.636. The highest BCUT2D eigenvalue weighted by atomic mass is 32.2. The fourth-order valence-corrected chi connectivity index (χ4v) is 2.14. The van der Waals surface area contributed by atoms with Crippen molar-refractivity contribution in [3.63, 3.8) is 0 Å². The topological polar surface area (TPSA) is 69.0 Å². The van der Waals surface area contributed by atoms with E-state index >= 15 is 0 Å². The van der Waals surface area contributed by atoms with E-state index in [1.807, 2.05) is 13.1 Å². The van der Waals surface area contributed by atoms with Crippen LogP contribution in [0.2, 0.25) is 0 Å². The Morgan fingerprint density at radius 3 is 2.71 bits per heavy atom. The van der Waals surface area contributed by atoms with E-state index in [0.29, 0.717) is 5.69 Å². The monoisotopic (exact) mass is 258 g/mol. The maximum absolute atomic E-state index is 11.4. The number of rotatable bonds is 6. The lowest BCUT2D eigenvalue weighted by atomic mass is 10.2. The van der Waals surface area contributed by atoms with Crippen molar-refractivity contribution < 1.29 is 13.2 Å². The predicted octanol–water partition coefficient (Wildman–Crippen LogP) is 1.01. The minimum Gasteiger partial charge on any atom is -0.298 e. The van der Waals surface area contributed by atoms with Crippen LogP contribution < -0.4 is 0 Å². The molecule has 0 fully saturated rings. The summed E-state index contributed by atoms with van der Waals surface area (Å²) in [5.41, 5.74) is 0.624. The lowest BCUT2D eigenvalue weighted by Gasteiger charge is -2.07. The highest BCUT2D eigenvalue weighted by Crippen LogP contribution is 2.09. The Kier molecular flexibility index (Phi) is 4.45. The van der Waals surface area contributed by atoms with E-state index in [0.717, 1.165) is 12.7 Å². The molecule has 0 saturated carbocycles. The summed E-state index contributed by atoms with van der Waals surface area (Å²) >= 11 is 0. The Morgan fingerprint density at radius 2 is 2.18 bits per heavy atom. The first-order valence-corrected chi connectivity index (χ1v) is 7.61. The quantitative estimate of drug-likeness (QED) is 0.763. The summed E-state index contributed by atoms with van der Waals surface area (Å²) in [4.78, 5) is 11.4. The van der Waals surface area contributed by atoms with Crippen LogP contribution in [-0.2, 0) is 21.1 Å². The molecular weight excluding hydrogens is 240 g/mol. The molecule has 0 radical (unpaired) electrons. The Bertz CT molecular complexity index is 491. The van der Waals surface area contributed by atoms with E-state index in [1.54, 1.807) is 10.7 Å². The molecule has 0 bridgehead atoms. The van der Waals surface area contributed by atoms with Gasteiger partial charge in [0.25, 0.3) is 0 Å². The van der Waals surface area contributed by atoms with E-state index in [2.05, 4.69) is 12.0 Å². The molecule has 0 saturated heterocycles. The van der Waals surface area contributed by atoms with Crippen molar-refractivity contribution in [2.45, 2.75) is 32.7 Å². The SMILES string of the molecule is CCC(C)n1ccc(CC(=O)CS(C)(=O)=O)n1. The van der Waals surface area contributed by atoms with Crippen LogP contribution in [0.15, 0.2) is 12.3 Å². The molecular formula is C11H18N2O3S. The van der Waals surface area contributed by atoms with Crippen molar-refractivity contribution in [1.29, 1.82) is 0 Å². The minimum absolute atomic E-state index is 0.0799. The van der Waals surface area contributed by atoms with Gasteiger partial charge in [0.1, 0.15) is 5.75 Å². The van der Waals surface area contributed by atoms with Gasteiger partial charge in [-0.15, -0.1) is 0 Å². The highest BCUT2D eigenvalue weighted by Gasteiger charge is 2.13. The molecule has 0 aliphatic heterocycles. The lowest BCUT2D eigenvalue weighted by Crippen LogP contribution is -2.17. The third kappa shape index (κ3) is 4.68. The molecule has 1 aromatic heterocycles. The molecule has 0 N–H and O–H groups in total. The molecule has 1 unspecified atom stereocenters. The van der Waals surface area contributed by atoms with Crippen LogP contribution in [0.25, 0.3) is 0 Å². The normalized spacial score (nSPS) is 13.6. The highest BCUT2D eigenvalue weighted by molar-refractivity contribution is 7.91. The van der Waals surface area contributed by atoms with E-state index in [9.17, 15) is 13.2 Å². The van der Waals surface area contributed by atoms with Crippen LogP contribution in [0.5, 0.6) is 0 Å². The molecule has 6 heteroatoms. The van der Waals surface area contributed by atoms with Crippen molar-refractivity contribution in [3.05, 3.63) is 18.0 Å². The minimum atomic E-state index is -3.24. The standard InChI is InChI=1S/C11H18N2O3S/c1-4-9(2)13-6-5-10(12-13)7-11(14)8-17(3,15)16/h5-6,9H,4,7-8H2,1-3H3. The van der Waals surface area contributed by atoms with Crippen LogP contribution in [0, 0.1) is 0 Å². The summed E-state index contributed by atoms with van der Waals surface area (Å²) in [6, 6.07) is 2.04. The molecule has 1 aromatic rings. The van der Waals surface area contributed by atoms with Gasteiger partial charge in [-0.3, -0.25) is 9.48 Å². The van der Waals surface area contributed by atoms with Crippen LogP contribution in [-0.4, -0.2) is 36.0 Å². The smallest absolute Gasteiger partial charge is 0.154 e. The van der Waals surface area contributed by atoms with E-state index in [4.69, 9.17) is 0 Å². The van der Waals surface area contributed by atoms with Gasteiger partial charge in [-0.25, -0.2) is 8.42 Å². The zero-order chi connectivity index (χ0) is 13.1. The van der Waals surface area contributed by atoms with Gasteiger partial charge in [-0.05, 0) is 19.4 Å². The summed E-state index contributed by atoms with van der Waals surface area (Å²) in [5, 5.41) is 4.25. The van der Waals surface area contributed by atoms with Gasteiger partial charge in [0.05, 0.1) is 12.1 Å². The van der Waals surface area contributed by atoms with Crippen molar-refractivity contribution in [3.8, 4) is 0 Å². The Morgan fingerprint density at radius 1 is 1.53 bits per heavy atom. The molecule has 1 atom stereocenters. The first kappa shape index (κ1) is 13.9. The first-order valence-electron chi connectivity index (χ1n) is 5.55. The number of carbonyl (C=O) groups is 1. The molecule has 0 aliphatic carbocycles. The summed E-state index contributed by atoms with van der Waals surface area (Å²) < 4.78 is 23.7. The van der Waals surface area contributed by atoms with Gasteiger partial charge in [0, 0.05) is 18.5 Å². The third-order valence-electron chi connectivity index (χ3n) is 2.51. The van der Waals surface area contributed by atoms with Crippen LogP contribution in [0.4, 0.5) is 0 Å². The average molecular weight is 258 g/mol. The Hall–Kier alpha value is -1.17. The molecule has 0 amide bonds. The number of sulfone groups is 1. The number of hydrogen-bond acceptors (Lipinski definition) is 4. The number of carbonyl (C=O) groups excluding carboxylic acids is 1. The zero-order valence-corrected chi connectivity index (χ0v) is 11.2. The van der Waals surface area contributed by atoms with Gasteiger partial charge in [-0.2, -0.15) is 5.10 Å². The van der Waals surface area contributed by atoms with Crippen molar-refractivity contribution >= 4 is 15.6 Å². The molecule has 17 heavy (non-hydrogen) atoms. The molecule has 1 heterocycles. The number of hydrogen-bond donors (Lipinski definition) is 0. The Labute approximate surface area is 102 Å². The first-order chi connectivity index (χ1) is 7.81. The maximum atomic E-state index is 11.4.